The lowest BCUT2D eigenvalue weighted by Gasteiger charge is -2.22. The first-order valence-electron chi connectivity index (χ1n) is 4.95. The molecule has 0 radical (unpaired) electrons. The van der Waals surface area contributed by atoms with Crippen molar-refractivity contribution in [2.75, 3.05) is 41.0 Å². The molecule has 0 aliphatic rings. The minimum atomic E-state index is -0.154. The van der Waals surface area contributed by atoms with E-state index < -0.39 is 0 Å². The minimum absolute atomic E-state index is 0.154. The molecule has 4 nitrogen and oxygen atoms in total. The molecule has 0 fully saturated rings. The van der Waals surface area contributed by atoms with Gasteiger partial charge in [0, 0.05) is 27.3 Å². The standard InChI is InChI=1S/C10H23NO3/c1-9(2)14-7-6-11(3)8-10(12-4)13-5/h9-10H,6-8H2,1-5H3. The van der Waals surface area contributed by atoms with Crippen LogP contribution in [0.15, 0.2) is 0 Å². The van der Waals surface area contributed by atoms with Crippen molar-refractivity contribution in [3.05, 3.63) is 0 Å². The molecular formula is C10H23NO3. The molecular weight excluding hydrogens is 182 g/mol. The summed E-state index contributed by atoms with van der Waals surface area (Å²) >= 11 is 0. The molecule has 0 rings (SSSR count). The number of hydrogen-bond acceptors (Lipinski definition) is 4. The second kappa shape index (κ2) is 8.17. The van der Waals surface area contributed by atoms with Crippen molar-refractivity contribution in [1.82, 2.24) is 4.90 Å². The van der Waals surface area contributed by atoms with Gasteiger partial charge in [0.05, 0.1) is 12.7 Å². The molecule has 0 bridgehead atoms. The highest BCUT2D eigenvalue weighted by molar-refractivity contribution is 4.54. The normalized spacial score (nSPS) is 12.0. The lowest BCUT2D eigenvalue weighted by molar-refractivity contribution is -0.115. The van der Waals surface area contributed by atoms with Crippen molar-refractivity contribution in [2.24, 2.45) is 0 Å². The first kappa shape index (κ1) is 13.8. The maximum atomic E-state index is 5.44. The van der Waals surface area contributed by atoms with E-state index in [4.69, 9.17) is 14.2 Å². The Morgan fingerprint density at radius 2 is 1.71 bits per heavy atom. The fraction of sp³-hybridized carbons (Fsp3) is 1.00. The molecule has 0 heterocycles. The highest BCUT2D eigenvalue weighted by Crippen LogP contribution is 1.95. The van der Waals surface area contributed by atoms with Crippen LogP contribution in [0, 0.1) is 0 Å². The van der Waals surface area contributed by atoms with E-state index in [0.29, 0.717) is 6.10 Å². The van der Waals surface area contributed by atoms with Gasteiger partial charge in [0.25, 0.3) is 0 Å². The van der Waals surface area contributed by atoms with Crippen LogP contribution in [0.4, 0.5) is 0 Å². The average Bonchev–Trinajstić information content (AvgIpc) is 2.13. The van der Waals surface area contributed by atoms with E-state index in [2.05, 4.69) is 4.90 Å². The van der Waals surface area contributed by atoms with Crippen LogP contribution in [0.1, 0.15) is 13.8 Å². The van der Waals surface area contributed by atoms with Gasteiger partial charge in [-0.3, -0.25) is 4.90 Å². The lowest BCUT2D eigenvalue weighted by atomic mass is 10.4. The van der Waals surface area contributed by atoms with E-state index >= 15 is 0 Å². The maximum absolute atomic E-state index is 5.44. The summed E-state index contributed by atoms with van der Waals surface area (Å²) in [6, 6.07) is 0. The number of methoxy groups -OCH3 is 2. The predicted octanol–water partition coefficient (Wildman–Crippen LogP) is 0.962. The molecule has 0 aromatic heterocycles. The SMILES string of the molecule is COC(CN(C)CCOC(C)C)OC. The van der Waals surface area contributed by atoms with Gasteiger partial charge >= 0.3 is 0 Å². The van der Waals surface area contributed by atoms with E-state index in [1.165, 1.54) is 0 Å². The van der Waals surface area contributed by atoms with Crippen molar-refractivity contribution >= 4 is 0 Å². The number of rotatable bonds is 8. The topological polar surface area (TPSA) is 30.9 Å². The van der Waals surface area contributed by atoms with Gasteiger partial charge in [-0.15, -0.1) is 0 Å². The number of likely N-dealkylation sites (N-methyl/N-ethyl adjacent to an activating group) is 1. The van der Waals surface area contributed by atoms with Crippen molar-refractivity contribution in [2.45, 2.75) is 26.2 Å². The minimum Gasteiger partial charge on any atom is -0.377 e. The second-order valence-corrected chi connectivity index (χ2v) is 3.58. The summed E-state index contributed by atoms with van der Waals surface area (Å²) in [7, 11) is 5.31. The summed E-state index contributed by atoms with van der Waals surface area (Å²) < 4.78 is 15.6. The molecule has 0 unspecified atom stereocenters. The first-order valence-corrected chi connectivity index (χ1v) is 4.95. The Balaban J connectivity index is 3.48. The molecule has 0 N–H and O–H groups in total. The molecule has 0 spiro atoms. The van der Waals surface area contributed by atoms with E-state index in [1.54, 1.807) is 14.2 Å². The van der Waals surface area contributed by atoms with Crippen molar-refractivity contribution < 1.29 is 14.2 Å². The summed E-state index contributed by atoms with van der Waals surface area (Å²) in [5.41, 5.74) is 0. The quantitative estimate of drug-likeness (QED) is 0.552. The Kier molecular flexibility index (Phi) is 8.08. The Morgan fingerprint density at radius 1 is 1.14 bits per heavy atom. The highest BCUT2D eigenvalue weighted by Gasteiger charge is 2.08. The van der Waals surface area contributed by atoms with Crippen LogP contribution in [0.25, 0.3) is 0 Å². The van der Waals surface area contributed by atoms with Crippen LogP contribution in [-0.2, 0) is 14.2 Å². The molecule has 0 saturated heterocycles. The zero-order valence-corrected chi connectivity index (χ0v) is 9.95. The lowest BCUT2D eigenvalue weighted by Crippen LogP contribution is -2.34. The van der Waals surface area contributed by atoms with E-state index in [-0.39, 0.29) is 6.29 Å². The number of hydrogen-bond donors (Lipinski definition) is 0. The van der Waals surface area contributed by atoms with E-state index in [1.807, 2.05) is 20.9 Å². The molecule has 0 aromatic rings. The van der Waals surface area contributed by atoms with Gasteiger partial charge in [0.15, 0.2) is 6.29 Å². The number of ether oxygens (including phenoxy) is 3. The Bertz CT molecular complexity index is 127. The van der Waals surface area contributed by atoms with Crippen LogP contribution in [-0.4, -0.2) is 58.3 Å². The highest BCUT2D eigenvalue weighted by atomic mass is 16.7. The van der Waals surface area contributed by atoms with Gasteiger partial charge in [0.1, 0.15) is 0 Å². The van der Waals surface area contributed by atoms with Gasteiger partial charge in [-0.2, -0.15) is 0 Å². The molecule has 0 amide bonds. The Labute approximate surface area is 87.1 Å². The van der Waals surface area contributed by atoms with Crippen LogP contribution in [0.3, 0.4) is 0 Å². The van der Waals surface area contributed by atoms with Gasteiger partial charge < -0.3 is 14.2 Å². The fourth-order valence-electron chi connectivity index (χ4n) is 1.04. The predicted molar refractivity (Wildman–Crippen MR) is 56.4 cm³/mol. The molecule has 0 aliphatic heterocycles. The second-order valence-electron chi connectivity index (χ2n) is 3.58. The molecule has 0 atom stereocenters. The summed E-state index contributed by atoms with van der Waals surface area (Å²) in [6.45, 7) is 6.46. The summed E-state index contributed by atoms with van der Waals surface area (Å²) in [5.74, 6) is 0. The first-order chi connectivity index (χ1) is 6.60. The van der Waals surface area contributed by atoms with Gasteiger partial charge in [0.2, 0.25) is 0 Å². The van der Waals surface area contributed by atoms with E-state index in [0.717, 1.165) is 19.7 Å². The van der Waals surface area contributed by atoms with Gasteiger partial charge in [-0.1, -0.05) is 0 Å². The average molecular weight is 205 g/mol. The molecule has 0 aromatic carbocycles. The van der Waals surface area contributed by atoms with Crippen LogP contribution < -0.4 is 0 Å². The van der Waals surface area contributed by atoms with Crippen molar-refractivity contribution in [3.63, 3.8) is 0 Å². The molecule has 4 heteroatoms. The summed E-state index contributed by atoms with van der Waals surface area (Å²) in [6.07, 6.45) is 0.142. The zero-order chi connectivity index (χ0) is 11.0. The Morgan fingerprint density at radius 3 is 2.14 bits per heavy atom. The summed E-state index contributed by atoms with van der Waals surface area (Å²) in [5, 5.41) is 0. The third-order valence-electron chi connectivity index (χ3n) is 1.91. The van der Waals surface area contributed by atoms with Crippen LogP contribution in [0.2, 0.25) is 0 Å². The molecule has 14 heavy (non-hydrogen) atoms. The third kappa shape index (κ3) is 7.26. The van der Waals surface area contributed by atoms with Gasteiger partial charge in [-0.05, 0) is 20.9 Å². The smallest absolute Gasteiger partial charge is 0.169 e. The van der Waals surface area contributed by atoms with E-state index in [9.17, 15) is 0 Å². The third-order valence-corrected chi connectivity index (χ3v) is 1.91. The van der Waals surface area contributed by atoms with Gasteiger partial charge in [-0.25, -0.2) is 0 Å². The Hall–Kier alpha value is -0.160. The van der Waals surface area contributed by atoms with Crippen LogP contribution in [0.5, 0.6) is 0 Å². The maximum Gasteiger partial charge on any atom is 0.169 e. The van der Waals surface area contributed by atoms with Crippen molar-refractivity contribution in [3.8, 4) is 0 Å². The summed E-state index contributed by atoms with van der Waals surface area (Å²) in [4.78, 5) is 2.13. The fourth-order valence-corrected chi connectivity index (χ4v) is 1.04. The molecule has 86 valence electrons. The van der Waals surface area contributed by atoms with Crippen LogP contribution >= 0.6 is 0 Å². The van der Waals surface area contributed by atoms with Crippen molar-refractivity contribution in [1.29, 1.82) is 0 Å². The molecule has 0 saturated carbocycles. The number of nitrogens with zero attached hydrogens (tertiary/aromatic N) is 1. The molecule has 0 aliphatic carbocycles. The zero-order valence-electron chi connectivity index (χ0n) is 9.95. The monoisotopic (exact) mass is 205 g/mol. The largest absolute Gasteiger partial charge is 0.377 e.